The molecule has 2 N–H and O–H groups in total. The summed E-state index contributed by atoms with van der Waals surface area (Å²) in [4.78, 5) is 14.6. The Morgan fingerprint density at radius 2 is 1.65 bits per heavy atom. The molecule has 7 heteroatoms. The van der Waals surface area contributed by atoms with E-state index in [9.17, 15) is 4.79 Å². The number of carbonyl (C=O) groups excluding carboxylic acids is 1. The summed E-state index contributed by atoms with van der Waals surface area (Å²) in [5.74, 6) is -0.352. The van der Waals surface area contributed by atoms with Crippen molar-refractivity contribution in [1.29, 1.82) is 0 Å². The quantitative estimate of drug-likeness (QED) is 0.693. The summed E-state index contributed by atoms with van der Waals surface area (Å²) in [6, 6.07) is 12.5. The van der Waals surface area contributed by atoms with Crippen LogP contribution in [0.3, 0.4) is 0 Å². The fourth-order valence-corrected chi connectivity index (χ4v) is 3.74. The largest absolute Gasteiger partial charge is 0.369 e. The van der Waals surface area contributed by atoms with E-state index in [0.717, 1.165) is 37.3 Å². The fourth-order valence-electron chi connectivity index (χ4n) is 3.02. The molecule has 0 atom stereocenters. The zero-order valence-corrected chi connectivity index (χ0v) is 16.4. The number of carbonyl (C=O) groups is 1. The molecule has 0 bridgehead atoms. The molecule has 0 aromatic heterocycles. The lowest BCUT2D eigenvalue weighted by Gasteiger charge is -2.31. The highest BCUT2D eigenvalue weighted by Crippen LogP contribution is 2.35. The number of halogens is 2. The van der Waals surface area contributed by atoms with Crippen molar-refractivity contribution >= 4 is 57.8 Å². The molecule has 0 spiro atoms. The smallest absolute Gasteiger partial charge is 0.258 e. The number of nitrogens with one attached hydrogen (secondary N) is 2. The molecule has 136 valence electrons. The minimum absolute atomic E-state index is 0.204. The van der Waals surface area contributed by atoms with Gasteiger partial charge >= 0.3 is 0 Å². The lowest BCUT2D eigenvalue weighted by Crippen LogP contribution is -2.35. The van der Waals surface area contributed by atoms with E-state index in [0.29, 0.717) is 15.6 Å². The molecule has 0 unspecified atom stereocenters. The van der Waals surface area contributed by atoms with Crippen LogP contribution in [0.25, 0.3) is 0 Å². The van der Waals surface area contributed by atoms with Crippen molar-refractivity contribution < 1.29 is 4.79 Å². The van der Waals surface area contributed by atoms with Crippen molar-refractivity contribution in [3.05, 3.63) is 58.1 Å². The zero-order chi connectivity index (χ0) is 18.5. The predicted octanol–water partition coefficient (Wildman–Crippen LogP) is 5.11. The third-order valence-electron chi connectivity index (χ3n) is 4.25. The van der Waals surface area contributed by atoms with Crippen LogP contribution in [-0.4, -0.2) is 24.1 Å². The van der Waals surface area contributed by atoms with Gasteiger partial charge in [0, 0.05) is 13.1 Å². The number of amides is 1. The van der Waals surface area contributed by atoms with Gasteiger partial charge in [-0.15, -0.1) is 0 Å². The number of hydrogen-bond donors (Lipinski definition) is 2. The fraction of sp³-hybridized carbons (Fsp3) is 0.263. The number of anilines is 2. The van der Waals surface area contributed by atoms with Gasteiger partial charge in [-0.3, -0.25) is 10.1 Å². The molecular weight excluding hydrogens is 389 g/mol. The van der Waals surface area contributed by atoms with Crippen LogP contribution < -0.4 is 15.5 Å². The summed E-state index contributed by atoms with van der Waals surface area (Å²) in [6.07, 6.45) is 3.51. The summed E-state index contributed by atoms with van der Waals surface area (Å²) >= 11 is 17.8. The van der Waals surface area contributed by atoms with Gasteiger partial charge in [-0.05, 0) is 55.7 Å². The number of nitrogens with zero attached hydrogens (tertiary/aromatic N) is 1. The molecular formula is C19H19Cl2N3OS. The second-order valence-electron chi connectivity index (χ2n) is 6.07. The third kappa shape index (κ3) is 4.47. The van der Waals surface area contributed by atoms with Crippen LogP contribution in [0.5, 0.6) is 0 Å². The minimum atomic E-state index is -0.352. The Morgan fingerprint density at radius 1 is 0.962 bits per heavy atom. The van der Waals surface area contributed by atoms with Gasteiger partial charge in [0.1, 0.15) is 0 Å². The lowest BCUT2D eigenvalue weighted by atomic mass is 10.1. The molecule has 1 saturated heterocycles. The van der Waals surface area contributed by atoms with Crippen LogP contribution in [0, 0.1) is 0 Å². The van der Waals surface area contributed by atoms with E-state index in [1.54, 1.807) is 24.3 Å². The first-order chi connectivity index (χ1) is 12.6. The normalized spacial score (nSPS) is 14.0. The first-order valence-corrected chi connectivity index (χ1v) is 9.63. The molecule has 1 aliphatic heterocycles. The van der Waals surface area contributed by atoms with Gasteiger partial charge in [-0.1, -0.05) is 41.4 Å². The van der Waals surface area contributed by atoms with Gasteiger partial charge in [-0.2, -0.15) is 0 Å². The number of benzene rings is 2. The van der Waals surface area contributed by atoms with E-state index in [4.69, 9.17) is 35.4 Å². The molecule has 1 amide bonds. The Morgan fingerprint density at radius 3 is 2.38 bits per heavy atom. The Labute approximate surface area is 168 Å². The molecule has 26 heavy (non-hydrogen) atoms. The Hall–Kier alpha value is -1.82. The number of thiocarbonyl (C=S) groups is 1. The summed E-state index contributed by atoms with van der Waals surface area (Å²) in [7, 11) is 0. The topological polar surface area (TPSA) is 44.4 Å². The van der Waals surface area contributed by atoms with E-state index in [2.05, 4.69) is 15.5 Å². The molecule has 1 aliphatic rings. The van der Waals surface area contributed by atoms with Crippen LogP contribution in [0.4, 0.5) is 11.4 Å². The van der Waals surface area contributed by atoms with Crippen molar-refractivity contribution in [3.8, 4) is 0 Å². The SMILES string of the molecule is O=C(NC(=S)Nc1cccc(Cl)c1N1CCCCC1)c1ccccc1Cl. The van der Waals surface area contributed by atoms with Crippen LogP contribution in [0.15, 0.2) is 42.5 Å². The highest BCUT2D eigenvalue weighted by atomic mass is 35.5. The van der Waals surface area contributed by atoms with Gasteiger partial charge in [0.05, 0.1) is 27.0 Å². The first-order valence-electron chi connectivity index (χ1n) is 8.46. The Balaban J connectivity index is 1.74. The predicted molar refractivity (Wildman–Crippen MR) is 113 cm³/mol. The molecule has 0 radical (unpaired) electrons. The molecule has 1 heterocycles. The molecule has 0 aliphatic carbocycles. The second kappa shape index (κ2) is 8.71. The molecule has 1 fully saturated rings. The van der Waals surface area contributed by atoms with Crippen molar-refractivity contribution in [3.63, 3.8) is 0 Å². The van der Waals surface area contributed by atoms with Gasteiger partial charge in [-0.25, -0.2) is 0 Å². The monoisotopic (exact) mass is 407 g/mol. The van der Waals surface area contributed by atoms with Crippen LogP contribution >= 0.6 is 35.4 Å². The lowest BCUT2D eigenvalue weighted by molar-refractivity contribution is 0.0978. The van der Waals surface area contributed by atoms with Crippen molar-refractivity contribution in [1.82, 2.24) is 5.32 Å². The number of hydrogen-bond acceptors (Lipinski definition) is 3. The van der Waals surface area contributed by atoms with E-state index >= 15 is 0 Å². The van der Waals surface area contributed by atoms with E-state index in [1.165, 1.54) is 6.42 Å². The Bertz CT molecular complexity index is 822. The van der Waals surface area contributed by atoms with Gasteiger partial charge < -0.3 is 10.2 Å². The van der Waals surface area contributed by atoms with E-state index < -0.39 is 0 Å². The average Bonchev–Trinajstić information content (AvgIpc) is 2.62. The first kappa shape index (κ1) is 19.0. The van der Waals surface area contributed by atoms with E-state index in [1.807, 2.05) is 18.2 Å². The minimum Gasteiger partial charge on any atom is -0.369 e. The highest BCUT2D eigenvalue weighted by molar-refractivity contribution is 7.80. The van der Waals surface area contributed by atoms with Crippen LogP contribution in [0.2, 0.25) is 10.0 Å². The number of piperidine rings is 1. The second-order valence-corrected chi connectivity index (χ2v) is 7.29. The third-order valence-corrected chi connectivity index (χ3v) is 5.09. The zero-order valence-electron chi connectivity index (χ0n) is 14.1. The molecule has 2 aromatic rings. The van der Waals surface area contributed by atoms with Crippen molar-refractivity contribution in [2.45, 2.75) is 19.3 Å². The number of rotatable bonds is 3. The van der Waals surface area contributed by atoms with E-state index in [-0.39, 0.29) is 11.0 Å². The molecule has 4 nitrogen and oxygen atoms in total. The highest BCUT2D eigenvalue weighted by Gasteiger charge is 2.19. The van der Waals surface area contributed by atoms with Gasteiger partial charge in [0.15, 0.2) is 5.11 Å². The summed E-state index contributed by atoms with van der Waals surface area (Å²) in [5.41, 5.74) is 2.08. The maximum atomic E-state index is 12.4. The summed E-state index contributed by atoms with van der Waals surface area (Å²) in [5, 5.41) is 7.02. The van der Waals surface area contributed by atoms with Crippen LogP contribution in [0.1, 0.15) is 29.6 Å². The van der Waals surface area contributed by atoms with Gasteiger partial charge in [0.25, 0.3) is 5.91 Å². The maximum Gasteiger partial charge on any atom is 0.258 e. The summed E-state index contributed by atoms with van der Waals surface area (Å²) < 4.78 is 0. The molecule has 2 aromatic carbocycles. The number of para-hydroxylation sites is 1. The summed E-state index contributed by atoms with van der Waals surface area (Å²) in [6.45, 7) is 1.91. The van der Waals surface area contributed by atoms with Crippen molar-refractivity contribution in [2.75, 3.05) is 23.3 Å². The van der Waals surface area contributed by atoms with Crippen molar-refractivity contribution in [2.24, 2.45) is 0 Å². The standard InChI is InChI=1S/C19H19Cl2N3OS/c20-14-8-3-2-7-13(14)18(25)23-19(26)22-16-10-6-9-15(21)17(16)24-11-4-1-5-12-24/h2-3,6-10H,1,4-5,11-12H2,(H2,22,23,25,26). The Kier molecular flexibility index (Phi) is 6.35. The van der Waals surface area contributed by atoms with Crippen LogP contribution in [-0.2, 0) is 0 Å². The molecule has 3 rings (SSSR count). The maximum absolute atomic E-state index is 12.4. The molecule has 0 saturated carbocycles. The van der Waals surface area contributed by atoms with Gasteiger partial charge in [0.2, 0.25) is 0 Å². The average molecular weight is 408 g/mol.